The van der Waals surface area contributed by atoms with E-state index in [1.165, 1.54) is 11.4 Å². The van der Waals surface area contributed by atoms with Gasteiger partial charge in [0.1, 0.15) is 5.75 Å². The van der Waals surface area contributed by atoms with Gasteiger partial charge in [-0.3, -0.25) is 4.90 Å². The number of ether oxygens (including phenoxy) is 1. The van der Waals surface area contributed by atoms with Crippen LogP contribution < -0.4 is 14.5 Å². The molecular formula is C22H31N3O2. The number of piperazine rings is 1. The van der Waals surface area contributed by atoms with Gasteiger partial charge in [-0.05, 0) is 24.6 Å². The second-order valence-electron chi connectivity index (χ2n) is 7.18. The minimum Gasteiger partial charge on any atom is -0.493 e. The van der Waals surface area contributed by atoms with E-state index in [0.29, 0.717) is 6.61 Å². The Morgan fingerprint density at radius 2 is 1.67 bits per heavy atom. The summed E-state index contributed by atoms with van der Waals surface area (Å²) in [7, 11) is 4.20. The first-order valence-corrected chi connectivity index (χ1v) is 9.74. The van der Waals surface area contributed by atoms with Crippen LogP contribution in [0.3, 0.4) is 0 Å². The van der Waals surface area contributed by atoms with E-state index in [2.05, 4.69) is 53.1 Å². The van der Waals surface area contributed by atoms with Crippen molar-refractivity contribution in [2.75, 3.05) is 63.2 Å². The van der Waals surface area contributed by atoms with E-state index < -0.39 is 0 Å². The van der Waals surface area contributed by atoms with Crippen molar-refractivity contribution >= 4 is 11.4 Å². The standard InChI is InChI=1S/C22H31N3O2/c1-23(2)20-9-4-5-10-21(20)25-15-13-24(14-16-25)12-7-17-27-22-11-6-3-8-19(22)18-26/h3-6,8-11,26H,7,12-18H2,1-2H3. The number of hydrogen-bond donors (Lipinski definition) is 1. The van der Waals surface area contributed by atoms with E-state index in [-0.39, 0.29) is 6.61 Å². The maximum Gasteiger partial charge on any atom is 0.124 e. The molecule has 0 aliphatic carbocycles. The second kappa shape index (κ2) is 9.62. The molecule has 1 heterocycles. The Morgan fingerprint density at radius 1 is 0.963 bits per heavy atom. The van der Waals surface area contributed by atoms with Crippen LogP contribution in [0.1, 0.15) is 12.0 Å². The third-order valence-corrected chi connectivity index (χ3v) is 5.10. The fourth-order valence-electron chi connectivity index (χ4n) is 3.57. The van der Waals surface area contributed by atoms with Gasteiger partial charge in [0.25, 0.3) is 0 Å². The highest BCUT2D eigenvalue weighted by Gasteiger charge is 2.19. The molecule has 1 saturated heterocycles. The lowest BCUT2D eigenvalue weighted by Crippen LogP contribution is -2.47. The maximum atomic E-state index is 9.36. The monoisotopic (exact) mass is 369 g/mol. The quantitative estimate of drug-likeness (QED) is 0.725. The molecule has 0 unspecified atom stereocenters. The van der Waals surface area contributed by atoms with Crippen molar-refractivity contribution in [2.45, 2.75) is 13.0 Å². The van der Waals surface area contributed by atoms with Gasteiger partial charge >= 0.3 is 0 Å². The Kier molecular flexibility index (Phi) is 6.96. The van der Waals surface area contributed by atoms with E-state index in [1.54, 1.807) is 0 Å². The van der Waals surface area contributed by atoms with Crippen molar-refractivity contribution in [1.29, 1.82) is 0 Å². The van der Waals surface area contributed by atoms with Gasteiger partial charge in [0.15, 0.2) is 0 Å². The van der Waals surface area contributed by atoms with Gasteiger partial charge in [0.2, 0.25) is 0 Å². The van der Waals surface area contributed by atoms with Crippen LogP contribution in [0.5, 0.6) is 5.75 Å². The largest absolute Gasteiger partial charge is 0.493 e. The third kappa shape index (κ3) is 5.15. The smallest absolute Gasteiger partial charge is 0.124 e. The van der Waals surface area contributed by atoms with Gasteiger partial charge in [0.05, 0.1) is 24.6 Å². The van der Waals surface area contributed by atoms with Crippen molar-refractivity contribution < 1.29 is 9.84 Å². The van der Waals surface area contributed by atoms with Gasteiger partial charge in [-0.25, -0.2) is 0 Å². The number of nitrogens with zero attached hydrogens (tertiary/aromatic N) is 3. The average Bonchev–Trinajstić information content (AvgIpc) is 2.72. The summed E-state index contributed by atoms with van der Waals surface area (Å²) in [5, 5.41) is 9.36. The molecule has 0 radical (unpaired) electrons. The van der Waals surface area contributed by atoms with E-state index in [0.717, 1.165) is 50.5 Å². The lowest BCUT2D eigenvalue weighted by atomic mass is 10.2. The number of hydrogen-bond acceptors (Lipinski definition) is 5. The van der Waals surface area contributed by atoms with Crippen molar-refractivity contribution in [3.63, 3.8) is 0 Å². The molecule has 1 aliphatic rings. The lowest BCUT2D eigenvalue weighted by Gasteiger charge is -2.37. The first-order valence-electron chi connectivity index (χ1n) is 9.74. The summed E-state index contributed by atoms with van der Waals surface area (Å²) in [6.07, 6.45) is 0.994. The van der Waals surface area contributed by atoms with Crippen LogP contribution in [0.15, 0.2) is 48.5 Å². The first kappa shape index (κ1) is 19.5. The summed E-state index contributed by atoms with van der Waals surface area (Å²) in [4.78, 5) is 7.18. The molecular weight excluding hydrogens is 338 g/mol. The van der Waals surface area contributed by atoms with Gasteiger partial charge in [0, 0.05) is 52.4 Å². The molecule has 2 aromatic carbocycles. The molecule has 0 atom stereocenters. The summed E-state index contributed by atoms with van der Waals surface area (Å²) < 4.78 is 5.85. The van der Waals surface area contributed by atoms with Crippen LogP contribution in [-0.2, 0) is 6.61 Å². The summed E-state index contributed by atoms with van der Waals surface area (Å²) in [6.45, 7) is 6.01. The fraction of sp³-hybridized carbons (Fsp3) is 0.455. The normalized spacial score (nSPS) is 15.0. The average molecular weight is 370 g/mol. The van der Waals surface area contributed by atoms with Gasteiger partial charge in [-0.2, -0.15) is 0 Å². The summed E-state index contributed by atoms with van der Waals surface area (Å²) in [5.74, 6) is 0.796. The van der Waals surface area contributed by atoms with Crippen LogP contribution in [0.25, 0.3) is 0 Å². The summed E-state index contributed by atoms with van der Waals surface area (Å²) in [5.41, 5.74) is 3.46. The summed E-state index contributed by atoms with van der Waals surface area (Å²) in [6, 6.07) is 16.3. The molecule has 1 aliphatic heterocycles. The zero-order valence-corrected chi connectivity index (χ0v) is 16.5. The van der Waals surface area contributed by atoms with E-state index >= 15 is 0 Å². The van der Waals surface area contributed by atoms with E-state index in [1.807, 2.05) is 24.3 Å². The molecule has 0 spiro atoms. The number of benzene rings is 2. The Labute approximate surface area is 162 Å². The number of aliphatic hydroxyl groups excluding tert-OH is 1. The topological polar surface area (TPSA) is 39.2 Å². The molecule has 0 amide bonds. The molecule has 0 saturated carbocycles. The predicted octanol–water partition coefficient (Wildman–Crippen LogP) is 2.84. The molecule has 0 bridgehead atoms. The SMILES string of the molecule is CN(C)c1ccccc1N1CCN(CCCOc2ccccc2CO)CC1. The summed E-state index contributed by atoms with van der Waals surface area (Å²) >= 11 is 0. The molecule has 3 rings (SSSR count). The molecule has 5 heteroatoms. The van der Waals surface area contributed by atoms with Crippen molar-refractivity contribution in [3.05, 3.63) is 54.1 Å². The molecule has 146 valence electrons. The number of para-hydroxylation sites is 3. The molecule has 27 heavy (non-hydrogen) atoms. The third-order valence-electron chi connectivity index (χ3n) is 5.10. The number of anilines is 2. The van der Waals surface area contributed by atoms with Crippen LogP contribution in [0.2, 0.25) is 0 Å². The van der Waals surface area contributed by atoms with Crippen molar-refractivity contribution in [2.24, 2.45) is 0 Å². The van der Waals surface area contributed by atoms with E-state index in [4.69, 9.17) is 4.74 Å². The predicted molar refractivity (Wildman–Crippen MR) is 112 cm³/mol. The molecule has 1 fully saturated rings. The highest BCUT2D eigenvalue weighted by Crippen LogP contribution is 2.28. The zero-order chi connectivity index (χ0) is 19.1. The highest BCUT2D eigenvalue weighted by molar-refractivity contribution is 5.70. The van der Waals surface area contributed by atoms with Crippen molar-refractivity contribution in [1.82, 2.24) is 4.90 Å². The highest BCUT2D eigenvalue weighted by atomic mass is 16.5. The van der Waals surface area contributed by atoms with Crippen LogP contribution in [0, 0.1) is 0 Å². The Bertz CT molecular complexity index is 712. The van der Waals surface area contributed by atoms with Crippen LogP contribution in [-0.4, -0.2) is 63.4 Å². The molecule has 1 N–H and O–H groups in total. The lowest BCUT2D eigenvalue weighted by molar-refractivity contribution is 0.220. The minimum absolute atomic E-state index is 0.0204. The Hall–Kier alpha value is -2.24. The van der Waals surface area contributed by atoms with Gasteiger partial charge < -0.3 is 19.6 Å². The zero-order valence-electron chi connectivity index (χ0n) is 16.5. The molecule has 5 nitrogen and oxygen atoms in total. The minimum atomic E-state index is 0.0204. The molecule has 2 aromatic rings. The first-order chi connectivity index (χ1) is 13.2. The number of aliphatic hydroxyl groups is 1. The van der Waals surface area contributed by atoms with E-state index in [9.17, 15) is 5.11 Å². The van der Waals surface area contributed by atoms with Crippen LogP contribution in [0.4, 0.5) is 11.4 Å². The van der Waals surface area contributed by atoms with Gasteiger partial charge in [-0.1, -0.05) is 30.3 Å². The molecule has 0 aromatic heterocycles. The fourth-order valence-corrected chi connectivity index (χ4v) is 3.57. The van der Waals surface area contributed by atoms with Gasteiger partial charge in [-0.15, -0.1) is 0 Å². The Balaban J connectivity index is 1.42. The van der Waals surface area contributed by atoms with Crippen molar-refractivity contribution in [3.8, 4) is 5.75 Å². The second-order valence-corrected chi connectivity index (χ2v) is 7.18. The maximum absolute atomic E-state index is 9.36. The number of rotatable bonds is 8. The Morgan fingerprint density at radius 3 is 2.41 bits per heavy atom. The van der Waals surface area contributed by atoms with Crippen LogP contribution >= 0.6 is 0 Å².